The Hall–Kier alpha value is -0.930. The van der Waals surface area contributed by atoms with Crippen molar-refractivity contribution in [1.82, 2.24) is 0 Å². The quantitative estimate of drug-likeness (QED) is 0.795. The molecular weight excluding hydrogens is 248 g/mol. The summed E-state index contributed by atoms with van der Waals surface area (Å²) in [5, 5.41) is 0.763. The Morgan fingerprint density at radius 2 is 2.00 bits per heavy atom. The van der Waals surface area contributed by atoms with Gasteiger partial charge in [0.2, 0.25) is 0 Å². The van der Waals surface area contributed by atoms with E-state index in [0.29, 0.717) is 5.41 Å². The van der Waals surface area contributed by atoms with E-state index in [9.17, 15) is 0 Å². The Balaban J connectivity index is 1.78. The van der Waals surface area contributed by atoms with Crippen LogP contribution < -0.4 is 10.6 Å². The van der Waals surface area contributed by atoms with Gasteiger partial charge in [-0.2, -0.15) is 0 Å². The third-order valence-electron chi connectivity index (χ3n) is 4.30. The predicted molar refractivity (Wildman–Crippen MR) is 75.2 cm³/mol. The van der Waals surface area contributed by atoms with Gasteiger partial charge >= 0.3 is 0 Å². The highest BCUT2D eigenvalue weighted by molar-refractivity contribution is 6.33. The Morgan fingerprint density at radius 3 is 2.72 bits per heavy atom. The molecule has 2 aliphatic rings. The molecule has 2 heterocycles. The van der Waals surface area contributed by atoms with Gasteiger partial charge in [-0.3, -0.25) is 0 Å². The summed E-state index contributed by atoms with van der Waals surface area (Å²) in [7, 11) is 0. The SMILES string of the molecule is Nc1ccc(N2CCC3(CCOCC3)C2)c(Cl)c1. The van der Waals surface area contributed by atoms with Crippen LogP contribution in [0.3, 0.4) is 0 Å². The molecule has 0 unspecified atom stereocenters. The molecule has 0 aromatic heterocycles. The van der Waals surface area contributed by atoms with Crippen molar-refractivity contribution in [3.63, 3.8) is 0 Å². The molecule has 0 saturated carbocycles. The summed E-state index contributed by atoms with van der Waals surface area (Å²) in [4.78, 5) is 2.40. The van der Waals surface area contributed by atoms with Crippen molar-refractivity contribution in [3.8, 4) is 0 Å². The molecule has 3 nitrogen and oxygen atoms in total. The molecule has 2 N–H and O–H groups in total. The van der Waals surface area contributed by atoms with E-state index in [0.717, 1.165) is 42.7 Å². The lowest BCUT2D eigenvalue weighted by Crippen LogP contribution is -2.33. The molecule has 0 bridgehead atoms. The zero-order valence-electron chi connectivity index (χ0n) is 10.5. The van der Waals surface area contributed by atoms with E-state index >= 15 is 0 Å². The van der Waals surface area contributed by atoms with Gasteiger partial charge < -0.3 is 15.4 Å². The number of ether oxygens (including phenoxy) is 1. The van der Waals surface area contributed by atoms with E-state index in [-0.39, 0.29) is 0 Å². The lowest BCUT2D eigenvalue weighted by atomic mass is 9.80. The van der Waals surface area contributed by atoms with Crippen LogP contribution >= 0.6 is 11.6 Å². The predicted octanol–water partition coefficient (Wildman–Crippen LogP) is 2.93. The fraction of sp³-hybridized carbons (Fsp3) is 0.571. The summed E-state index contributed by atoms with van der Waals surface area (Å²) in [6, 6.07) is 5.80. The average Bonchev–Trinajstić information content (AvgIpc) is 2.74. The fourth-order valence-electron chi connectivity index (χ4n) is 3.13. The van der Waals surface area contributed by atoms with Crippen LogP contribution in [0.2, 0.25) is 5.02 Å². The Kier molecular flexibility index (Phi) is 3.12. The Bertz CT molecular complexity index is 443. The first kappa shape index (κ1) is 12.1. The molecule has 0 atom stereocenters. The average molecular weight is 267 g/mol. The van der Waals surface area contributed by atoms with Gasteiger partial charge in [0.15, 0.2) is 0 Å². The third kappa shape index (κ3) is 2.17. The summed E-state index contributed by atoms with van der Waals surface area (Å²) >= 11 is 6.29. The number of hydrogen-bond donors (Lipinski definition) is 1. The van der Waals surface area contributed by atoms with E-state index in [2.05, 4.69) is 4.90 Å². The maximum atomic E-state index is 6.29. The summed E-state index contributed by atoms with van der Waals surface area (Å²) in [5.41, 5.74) is 8.04. The minimum absolute atomic E-state index is 0.447. The molecule has 0 radical (unpaired) electrons. The van der Waals surface area contributed by atoms with Crippen molar-refractivity contribution in [3.05, 3.63) is 23.2 Å². The van der Waals surface area contributed by atoms with Crippen molar-refractivity contribution in [2.75, 3.05) is 36.9 Å². The molecule has 1 aromatic rings. The minimum Gasteiger partial charge on any atom is -0.399 e. The molecule has 2 saturated heterocycles. The number of nitrogen functional groups attached to an aromatic ring is 1. The number of rotatable bonds is 1. The first-order chi connectivity index (χ1) is 8.69. The summed E-state index contributed by atoms with van der Waals surface area (Å²) in [6.45, 7) is 4.00. The molecule has 1 spiro atoms. The van der Waals surface area contributed by atoms with E-state index in [1.807, 2.05) is 18.2 Å². The number of benzene rings is 1. The number of halogens is 1. The summed E-state index contributed by atoms with van der Waals surface area (Å²) in [5.74, 6) is 0. The van der Waals surface area contributed by atoms with Crippen LogP contribution in [0, 0.1) is 5.41 Å². The van der Waals surface area contributed by atoms with Crippen molar-refractivity contribution in [2.45, 2.75) is 19.3 Å². The van der Waals surface area contributed by atoms with Gasteiger partial charge in [-0.25, -0.2) is 0 Å². The number of nitrogens with zero attached hydrogens (tertiary/aromatic N) is 1. The van der Waals surface area contributed by atoms with Crippen LogP contribution in [0.15, 0.2) is 18.2 Å². The Labute approximate surface area is 113 Å². The van der Waals surface area contributed by atoms with Crippen LogP contribution in [-0.2, 0) is 4.74 Å². The summed E-state index contributed by atoms with van der Waals surface area (Å²) < 4.78 is 5.48. The lowest BCUT2D eigenvalue weighted by molar-refractivity contribution is 0.0254. The van der Waals surface area contributed by atoms with E-state index in [1.54, 1.807) is 0 Å². The molecule has 0 aliphatic carbocycles. The molecule has 3 rings (SSSR count). The zero-order chi connectivity index (χ0) is 12.6. The second-order valence-electron chi connectivity index (χ2n) is 5.49. The molecule has 2 fully saturated rings. The fourth-order valence-corrected chi connectivity index (χ4v) is 3.44. The van der Waals surface area contributed by atoms with Crippen LogP contribution in [-0.4, -0.2) is 26.3 Å². The number of hydrogen-bond acceptors (Lipinski definition) is 3. The van der Waals surface area contributed by atoms with Crippen LogP contribution in [0.1, 0.15) is 19.3 Å². The van der Waals surface area contributed by atoms with Gasteiger partial charge in [0.25, 0.3) is 0 Å². The second-order valence-corrected chi connectivity index (χ2v) is 5.90. The molecule has 18 heavy (non-hydrogen) atoms. The zero-order valence-corrected chi connectivity index (χ0v) is 11.2. The van der Waals surface area contributed by atoms with Gasteiger partial charge in [0, 0.05) is 32.0 Å². The van der Waals surface area contributed by atoms with Gasteiger partial charge in [-0.15, -0.1) is 0 Å². The van der Waals surface area contributed by atoms with Gasteiger partial charge in [0.1, 0.15) is 0 Å². The van der Waals surface area contributed by atoms with E-state index < -0.39 is 0 Å². The van der Waals surface area contributed by atoms with Gasteiger partial charge in [-0.1, -0.05) is 11.6 Å². The molecule has 98 valence electrons. The number of anilines is 2. The molecule has 1 aromatic carbocycles. The van der Waals surface area contributed by atoms with Gasteiger partial charge in [-0.05, 0) is 42.9 Å². The first-order valence-corrected chi connectivity index (χ1v) is 6.94. The molecule has 4 heteroatoms. The monoisotopic (exact) mass is 266 g/mol. The number of nitrogens with two attached hydrogens (primary N) is 1. The largest absolute Gasteiger partial charge is 0.399 e. The summed E-state index contributed by atoms with van der Waals surface area (Å²) in [6.07, 6.45) is 3.60. The normalized spacial score (nSPS) is 22.6. The maximum absolute atomic E-state index is 6.29. The first-order valence-electron chi connectivity index (χ1n) is 6.56. The topological polar surface area (TPSA) is 38.5 Å². The Morgan fingerprint density at radius 1 is 1.22 bits per heavy atom. The van der Waals surface area contributed by atoms with Crippen LogP contribution in [0.25, 0.3) is 0 Å². The van der Waals surface area contributed by atoms with E-state index in [1.165, 1.54) is 19.3 Å². The standard InChI is InChI=1S/C14H19ClN2O/c15-12-9-11(16)1-2-13(12)17-6-3-14(10-17)4-7-18-8-5-14/h1-2,9H,3-8,10,16H2. The van der Waals surface area contributed by atoms with Crippen molar-refractivity contribution < 1.29 is 4.74 Å². The lowest BCUT2D eigenvalue weighted by Gasteiger charge is -2.33. The highest BCUT2D eigenvalue weighted by atomic mass is 35.5. The highest BCUT2D eigenvalue weighted by Gasteiger charge is 2.39. The molecular formula is C14H19ClN2O. The van der Waals surface area contributed by atoms with Crippen LogP contribution in [0.5, 0.6) is 0 Å². The van der Waals surface area contributed by atoms with Crippen molar-refractivity contribution >= 4 is 23.0 Å². The smallest absolute Gasteiger partial charge is 0.0660 e. The van der Waals surface area contributed by atoms with Gasteiger partial charge in [0.05, 0.1) is 10.7 Å². The third-order valence-corrected chi connectivity index (χ3v) is 4.61. The maximum Gasteiger partial charge on any atom is 0.0660 e. The molecule has 2 aliphatic heterocycles. The minimum atomic E-state index is 0.447. The van der Waals surface area contributed by atoms with Crippen molar-refractivity contribution in [1.29, 1.82) is 0 Å². The highest BCUT2D eigenvalue weighted by Crippen LogP contribution is 2.42. The second kappa shape index (κ2) is 4.63. The van der Waals surface area contributed by atoms with Crippen LogP contribution in [0.4, 0.5) is 11.4 Å². The van der Waals surface area contributed by atoms with Crippen molar-refractivity contribution in [2.24, 2.45) is 5.41 Å². The molecule has 0 amide bonds. The van der Waals surface area contributed by atoms with E-state index in [4.69, 9.17) is 22.1 Å².